The number of benzene rings is 1. The highest BCUT2D eigenvalue weighted by molar-refractivity contribution is 6.42. The molecule has 0 saturated carbocycles. The van der Waals surface area contributed by atoms with Crippen LogP contribution in [0.4, 0.5) is 11.6 Å². The van der Waals surface area contributed by atoms with Crippen LogP contribution in [0.3, 0.4) is 0 Å². The lowest BCUT2D eigenvalue weighted by Gasteiger charge is -2.07. The number of H-pyrrole nitrogens is 1. The number of hydrogen-bond acceptors (Lipinski definition) is 4. The zero-order valence-electron chi connectivity index (χ0n) is 12.3. The van der Waals surface area contributed by atoms with E-state index in [4.69, 9.17) is 23.2 Å². The Bertz CT molecular complexity index is 1030. The third kappa shape index (κ3) is 2.79. The van der Waals surface area contributed by atoms with Crippen molar-refractivity contribution in [3.8, 4) is 11.3 Å². The summed E-state index contributed by atoms with van der Waals surface area (Å²) in [7, 11) is 0. The maximum atomic E-state index is 6.03. The van der Waals surface area contributed by atoms with Gasteiger partial charge >= 0.3 is 0 Å². The first-order valence-electron chi connectivity index (χ1n) is 7.17. The van der Waals surface area contributed by atoms with Gasteiger partial charge in [-0.1, -0.05) is 23.2 Å². The Morgan fingerprint density at radius 2 is 1.92 bits per heavy atom. The zero-order chi connectivity index (χ0) is 16.5. The molecule has 0 fully saturated rings. The fourth-order valence-electron chi connectivity index (χ4n) is 2.45. The van der Waals surface area contributed by atoms with E-state index in [-0.39, 0.29) is 0 Å². The quantitative estimate of drug-likeness (QED) is 0.538. The molecule has 0 atom stereocenters. The van der Waals surface area contributed by atoms with Crippen molar-refractivity contribution in [1.82, 2.24) is 19.9 Å². The number of anilines is 2. The molecule has 0 saturated heterocycles. The van der Waals surface area contributed by atoms with Crippen LogP contribution in [-0.4, -0.2) is 19.9 Å². The first-order valence-corrected chi connectivity index (χ1v) is 7.93. The maximum absolute atomic E-state index is 6.03. The zero-order valence-corrected chi connectivity index (χ0v) is 13.8. The van der Waals surface area contributed by atoms with E-state index in [1.807, 2.05) is 30.6 Å². The summed E-state index contributed by atoms with van der Waals surface area (Å²) >= 11 is 12.0. The molecule has 4 aromatic rings. The van der Waals surface area contributed by atoms with Gasteiger partial charge in [-0.05, 0) is 30.3 Å². The molecule has 0 radical (unpaired) electrons. The van der Waals surface area contributed by atoms with Crippen molar-refractivity contribution in [1.29, 1.82) is 0 Å². The highest BCUT2D eigenvalue weighted by atomic mass is 35.5. The van der Waals surface area contributed by atoms with Crippen LogP contribution in [0.5, 0.6) is 0 Å². The van der Waals surface area contributed by atoms with E-state index >= 15 is 0 Å². The molecule has 7 heteroatoms. The Balaban J connectivity index is 1.70. The lowest BCUT2D eigenvalue weighted by molar-refractivity contribution is 1.17. The third-order valence-corrected chi connectivity index (χ3v) is 4.33. The first kappa shape index (κ1) is 14.9. The minimum Gasteiger partial charge on any atom is -0.360 e. The first-order chi connectivity index (χ1) is 11.7. The lowest BCUT2D eigenvalue weighted by atomic mass is 10.1. The standard InChI is InChI=1S/C17H11Cl2N5/c18-13-2-1-10(7-14(13)19)23-17-21-6-4-16(24-17)12-9-22-15-3-5-20-8-11(12)15/h1-9,22H,(H,21,23,24). The highest BCUT2D eigenvalue weighted by Gasteiger charge is 2.09. The van der Waals surface area contributed by atoms with E-state index in [1.165, 1.54) is 0 Å². The minimum absolute atomic E-state index is 0.473. The van der Waals surface area contributed by atoms with Crippen molar-refractivity contribution in [3.63, 3.8) is 0 Å². The topological polar surface area (TPSA) is 66.5 Å². The number of rotatable bonds is 3. The van der Waals surface area contributed by atoms with E-state index in [9.17, 15) is 0 Å². The van der Waals surface area contributed by atoms with Crippen LogP contribution in [0.25, 0.3) is 22.2 Å². The van der Waals surface area contributed by atoms with Crippen molar-refractivity contribution in [2.24, 2.45) is 0 Å². The molecule has 3 heterocycles. The second kappa shape index (κ2) is 6.11. The lowest BCUT2D eigenvalue weighted by Crippen LogP contribution is -1.97. The van der Waals surface area contributed by atoms with E-state index in [2.05, 4.69) is 25.3 Å². The van der Waals surface area contributed by atoms with Gasteiger partial charge in [0.05, 0.1) is 15.7 Å². The smallest absolute Gasteiger partial charge is 0.227 e. The molecule has 0 aliphatic rings. The Kier molecular flexibility index (Phi) is 3.80. The van der Waals surface area contributed by atoms with Gasteiger partial charge in [-0.25, -0.2) is 9.97 Å². The van der Waals surface area contributed by atoms with Gasteiger partial charge in [0, 0.05) is 46.9 Å². The average molecular weight is 356 g/mol. The molecule has 1 aromatic carbocycles. The summed E-state index contributed by atoms with van der Waals surface area (Å²) in [6.07, 6.45) is 7.18. The van der Waals surface area contributed by atoms with Crippen LogP contribution in [-0.2, 0) is 0 Å². The van der Waals surface area contributed by atoms with Gasteiger partial charge in [0.15, 0.2) is 0 Å². The van der Waals surface area contributed by atoms with Gasteiger partial charge in [-0.2, -0.15) is 0 Å². The largest absolute Gasteiger partial charge is 0.360 e. The molecule has 0 unspecified atom stereocenters. The summed E-state index contributed by atoms with van der Waals surface area (Å²) in [5, 5.41) is 5.12. The number of nitrogens with zero attached hydrogens (tertiary/aromatic N) is 3. The fourth-order valence-corrected chi connectivity index (χ4v) is 2.74. The Labute approximate surface area is 147 Å². The van der Waals surface area contributed by atoms with Gasteiger partial charge in [-0.3, -0.25) is 4.98 Å². The minimum atomic E-state index is 0.473. The Hall–Kier alpha value is -2.63. The second-order valence-corrected chi connectivity index (χ2v) is 5.96. The SMILES string of the molecule is Clc1ccc(Nc2nccc(-c3c[nH]c4ccncc34)n2)cc1Cl. The van der Waals surface area contributed by atoms with E-state index in [1.54, 1.807) is 24.5 Å². The van der Waals surface area contributed by atoms with Crippen molar-refractivity contribution in [2.75, 3.05) is 5.32 Å². The van der Waals surface area contributed by atoms with Crippen LogP contribution >= 0.6 is 23.2 Å². The summed E-state index contributed by atoms with van der Waals surface area (Å²) in [6, 6.07) is 9.06. The van der Waals surface area contributed by atoms with E-state index < -0.39 is 0 Å². The van der Waals surface area contributed by atoms with Gasteiger partial charge in [0.25, 0.3) is 0 Å². The van der Waals surface area contributed by atoms with Crippen LogP contribution < -0.4 is 5.32 Å². The summed E-state index contributed by atoms with van der Waals surface area (Å²) in [5.74, 6) is 0.476. The highest BCUT2D eigenvalue weighted by Crippen LogP contribution is 2.28. The molecule has 0 amide bonds. The normalized spacial score (nSPS) is 10.9. The predicted octanol–water partition coefficient (Wildman–Crippen LogP) is 5.07. The van der Waals surface area contributed by atoms with Crippen molar-refractivity contribution >= 4 is 45.7 Å². The molecule has 118 valence electrons. The van der Waals surface area contributed by atoms with Crippen LogP contribution in [0, 0.1) is 0 Å². The number of aromatic amines is 1. The molecular weight excluding hydrogens is 345 g/mol. The number of aromatic nitrogens is 4. The van der Waals surface area contributed by atoms with Gasteiger partial charge in [0.1, 0.15) is 0 Å². The van der Waals surface area contributed by atoms with Crippen LogP contribution in [0.1, 0.15) is 0 Å². The summed E-state index contributed by atoms with van der Waals surface area (Å²) in [4.78, 5) is 16.2. The molecule has 0 bridgehead atoms. The van der Waals surface area contributed by atoms with Crippen molar-refractivity contribution in [3.05, 3.63) is 65.2 Å². The van der Waals surface area contributed by atoms with Gasteiger partial charge < -0.3 is 10.3 Å². The number of hydrogen-bond donors (Lipinski definition) is 2. The number of pyridine rings is 1. The Morgan fingerprint density at radius 1 is 1.00 bits per heavy atom. The summed E-state index contributed by atoms with van der Waals surface area (Å²) in [5.41, 5.74) is 3.55. The third-order valence-electron chi connectivity index (χ3n) is 3.59. The molecule has 0 aliphatic carbocycles. The summed E-state index contributed by atoms with van der Waals surface area (Å²) in [6.45, 7) is 0. The molecule has 4 rings (SSSR count). The predicted molar refractivity (Wildman–Crippen MR) is 96.9 cm³/mol. The molecule has 0 spiro atoms. The molecule has 2 N–H and O–H groups in total. The van der Waals surface area contributed by atoms with E-state index in [0.29, 0.717) is 16.0 Å². The number of fused-ring (bicyclic) bond motifs is 1. The van der Waals surface area contributed by atoms with Gasteiger partial charge in [0.2, 0.25) is 5.95 Å². The molecular formula is C17H11Cl2N5. The maximum Gasteiger partial charge on any atom is 0.227 e. The van der Waals surface area contributed by atoms with Crippen LogP contribution in [0.2, 0.25) is 10.0 Å². The molecule has 0 aliphatic heterocycles. The summed E-state index contributed by atoms with van der Waals surface area (Å²) < 4.78 is 0. The van der Waals surface area contributed by atoms with Gasteiger partial charge in [-0.15, -0.1) is 0 Å². The van der Waals surface area contributed by atoms with Crippen molar-refractivity contribution in [2.45, 2.75) is 0 Å². The average Bonchev–Trinajstić information content (AvgIpc) is 3.03. The van der Waals surface area contributed by atoms with Crippen LogP contribution in [0.15, 0.2) is 55.1 Å². The molecule has 5 nitrogen and oxygen atoms in total. The monoisotopic (exact) mass is 355 g/mol. The molecule has 3 aromatic heterocycles. The Morgan fingerprint density at radius 3 is 2.79 bits per heavy atom. The van der Waals surface area contributed by atoms with Crippen molar-refractivity contribution < 1.29 is 0 Å². The molecule has 24 heavy (non-hydrogen) atoms. The fraction of sp³-hybridized carbons (Fsp3) is 0. The number of nitrogens with one attached hydrogen (secondary N) is 2. The number of halogens is 2. The second-order valence-electron chi connectivity index (χ2n) is 5.14. The van der Waals surface area contributed by atoms with E-state index in [0.717, 1.165) is 27.8 Å².